The minimum absolute atomic E-state index is 0.000520. The van der Waals surface area contributed by atoms with E-state index in [2.05, 4.69) is 15.4 Å². The molecule has 25 heavy (non-hydrogen) atoms. The zero-order chi connectivity index (χ0) is 18.4. The van der Waals surface area contributed by atoms with Crippen LogP contribution in [-0.4, -0.2) is 38.3 Å². The predicted molar refractivity (Wildman–Crippen MR) is 98.4 cm³/mol. The van der Waals surface area contributed by atoms with Crippen LogP contribution in [0.15, 0.2) is 48.5 Å². The van der Waals surface area contributed by atoms with Gasteiger partial charge in [-0.15, -0.1) is 0 Å². The molecule has 0 bridgehead atoms. The molecule has 0 aromatic heterocycles. The van der Waals surface area contributed by atoms with Gasteiger partial charge in [-0.25, -0.2) is 8.42 Å². The third-order valence-corrected chi connectivity index (χ3v) is 3.91. The van der Waals surface area contributed by atoms with Crippen LogP contribution in [0, 0.1) is 0 Å². The molecule has 0 spiro atoms. The highest BCUT2D eigenvalue weighted by atomic mass is 32.2. The van der Waals surface area contributed by atoms with Gasteiger partial charge in [-0.05, 0) is 37.3 Å². The molecular formula is C17H21N3O4S. The van der Waals surface area contributed by atoms with Crippen LogP contribution < -0.4 is 15.4 Å². The Hall–Kier alpha value is -2.74. The lowest BCUT2D eigenvalue weighted by molar-refractivity contribution is 0.0950. The SMILES string of the molecule is CC(CNC(=O)c1cc(NS(C)(=O)=O)ccc1O)Nc1ccccc1. The van der Waals surface area contributed by atoms with Gasteiger partial charge >= 0.3 is 0 Å². The number of carbonyl (C=O) groups is 1. The fourth-order valence-corrected chi connectivity index (χ4v) is 2.76. The van der Waals surface area contributed by atoms with E-state index in [1.165, 1.54) is 18.2 Å². The lowest BCUT2D eigenvalue weighted by atomic mass is 10.1. The van der Waals surface area contributed by atoms with E-state index in [-0.39, 0.29) is 23.0 Å². The van der Waals surface area contributed by atoms with E-state index >= 15 is 0 Å². The molecule has 0 radical (unpaired) electrons. The van der Waals surface area contributed by atoms with Crippen LogP contribution >= 0.6 is 0 Å². The molecule has 2 aromatic carbocycles. The summed E-state index contributed by atoms with van der Waals surface area (Å²) in [6.07, 6.45) is 1.01. The first kappa shape index (κ1) is 18.6. The highest BCUT2D eigenvalue weighted by molar-refractivity contribution is 7.92. The zero-order valence-corrected chi connectivity index (χ0v) is 14.8. The average Bonchev–Trinajstić information content (AvgIpc) is 2.54. The molecule has 0 aliphatic heterocycles. The lowest BCUT2D eigenvalue weighted by Crippen LogP contribution is -2.34. The smallest absolute Gasteiger partial charge is 0.255 e. The number of para-hydroxylation sites is 1. The van der Waals surface area contributed by atoms with Gasteiger partial charge in [0, 0.05) is 24.0 Å². The first-order valence-corrected chi connectivity index (χ1v) is 9.54. The zero-order valence-electron chi connectivity index (χ0n) is 14.0. The Kier molecular flexibility index (Phi) is 5.87. The van der Waals surface area contributed by atoms with Gasteiger partial charge in [-0.1, -0.05) is 18.2 Å². The number of phenols is 1. The number of hydrogen-bond donors (Lipinski definition) is 4. The number of rotatable bonds is 7. The summed E-state index contributed by atoms with van der Waals surface area (Å²) in [5, 5.41) is 15.8. The van der Waals surface area contributed by atoms with Gasteiger partial charge in [-0.2, -0.15) is 0 Å². The maximum Gasteiger partial charge on any atom is 0.255 e. The number of aromatic hydroxyl groups is 1. The number of benzene rings is 2. The molecule has 1 unspecified atom stereocenters. The fourth-order valence-electron chi connectivity index (χ4n) is 2.21. The number of carbonyl (C=O) groups excluding carboxylic acids is 1. The average molecular weight is 363 g/mol. The van der Waals surface area contributed by atoms with Gasteiger partial charge in [0.05, 0.1) is 11.8 Å². The fraction of sp³-hybridized carbons (Fsp3) is 0.235. The van der Waals surface area contributed by atoms with Crippen molar-refractivity contribution in [3.8, 4) is 5.75 Å². The molecule has 7 nitrogen and oxygen atoms in total. The second-order valence-electron chi connectivity index (χ2n) is 5.73. The van der Waals surface area contributed by atoms with Crippen molar-refractivity contribution in [3.05, 3.63) is 54.1 Å². The molecule has 0 saturated carbocycles. The molecular weight excluding hydrogens is 342 g/mol. The van der Waals surface area contributed by atoms with E-state index in [1.54, 1.807) is 0 Å². The van der Waals surface area contributed by atoms with Crippen molar-refractivity contribution < 1.29 is 18.3 Å². The van der Waals surface area contributed by atoms with Crippen LogP contribution in [-0.2, 0) is 10.0 Å². The molecule has 4 N–H and O–H groups in total. The van der Waals surface area contributed by atoms with Crippen LogP contribution in [0.3, 0.4) is 0 Å². The van der Waals surface area contributed by atoms with E-state index in [1.807, 2.05) is 37.3 Å². The van der Waals surface area contributed by atoms with E-state index in [4.69, 9.17) is 0 Å². The number of amides is 1. The summed E-state index contributed by atoms with van der Waals surface area (Å²) < 4.78 is 24.8. The van der Waals surface area contributed by atoms with Gasteiger partial charge in [0.15, 0.2) is 0 Å². The molecule has 1 amide bonds. The molecule has 0 heterocycles. The van der Waals surface area contributed by atoms with Gasteiger partial charge in [0.25, 0.3) is 5.91 Å². The Balaban J connectivity index is 1.99. The number of hydrogen-bond acceptors (Lipinski definition) is 5. The standard InChI is InChI=1S/C17H21N3O4S/c1-12(19-13-6-4-3-5-7-13)11-18-17(22)15-10-14(8-9-16(15)21)20-25(2,23)24/h3-10,12,19-21H,11H2,1-2H3,(H,18,22). The number of anilines is 2. The minimum Gasteiger partial charge on any atom is -0.507 e. The van der Waals surface area contributed by atoms with Crippen LogP contribution in [0.4, 0.5) is 11.4 Å². The Morgan fingerprint density at radius 3 is 2.44 bits per heavy atom. The summed E-state index contributed by atoms with van der Waals surface area (Å²) in [6, 6.07) is 13.5. The second-order valence-corrected chi connectivity index (χ2v) is 7.48. The summed E-state index contributed by atoms with van der Waals surface area (Å²) in [6.45, 7) is 2.24. The second kappa shape index (κ2) is 7.89. The van der Waals surface area contributed by atoms with E-state index in [9.17, 15) is 18.3 Å². The molecule has 0 saturated heterocycles. The molecule has 1 atom stereocenters. The lowest BCUT2D eigenvalue weighted by Gasteiger charge is -2.16. The monoisotopic (exact) mass is 363 g/mol. The van der Waals surface area contributed by atoms with Crippen molar-refractivity contribution >= 4 is 27.3 Å². The normalized spacial score (nSPS) is 12.2. The van der Waals surface area contributed by atoms with Crippen LogP contribution in [0.5, 0.6) is 5.75 Å². The molecule has 2 aromatic rings. The van der Waals surface area contributed by atoms with Crippen molar-refractivity contribution in [1.82, 2.24) is 5.32 Å². The third kappa shape index (κ3) is 6.00. The van der Waals surface area contributed by atoms with Crippen molar-refractivity contribution in [2.45, 2.75) is 13.0 Å². The van der Waals surface area contributed by atoms with Crippen LogP contribution in [0.2, 0.25) is 0 Å². The van der Waals surface area contributed by atoms with Crippen LogP contribution in [0.1, 0.15) is 17.3 Å². The quantitative estimate of drug-likeness (QED) is 0.563. The maximum atomic E-state index is 12.3. The van der Waals surface area contributed by atoms with Crippen LogP contribution in [0.25, 0.3) is 0 Å². The Labute approximate surface area is 147 Å². The first-order valence-electron chi connectivity index (χ1n) is 7.65. The van der Waals surface area contributed by atoms with Crippen molar-refractivity contribution in [2.75, 3.05) is 22.8 Å². The molecule has 0 fully saturated rings. The minimum atomic E-state index is -3.47. The Morgan fingerprint density at radius 1 is 1.12 bits per heavy atom. The summed E-state index contributed by atoms with van der Waals surface area (Å²) >= 11 is 0. The Bertz CT molecular complexity index is 838. The first-order chi connectivity index (χ1) is 11.7. The number of nitrogens with one attached hydrogen (secondary N) is 3. The van der Waals surface area contributed by atoms with Gasteiger partial charge in [0.2, 0.25) is 10.0 Å². The molecule has 0 aliphatic carbocycles. The summed E-state index contributed by atoms with van der Waals surface area (Å²) in [4.78, 5) is 12.3. The largest absolute Gasteiger partial charge is 0.507 e. The van der Waals surface area contributed by atoms with Crippen molar-refractivity contribution in [1.29, 1.82) is 0 Å². The summed E-state index contributed by atoms with van der Waals surface area (Å²) in [7, 11) is -3.47. The van der Waals surface area contributed by atoms with Crippen molar-refractivity contribution in [2.24, 2.45) is 0 Å². The maximum absolute atomic E-state index is 12.3. The van der Waals surface area contributed by atoms with Gasteiger partial charge in [0.1, 0.15) is 5.75 Å². The molecule has 0 aliphatic rings. The topological polar surface area (TPSA) is 108 Å². The van der Waals surface area contributed by atoms with Gasteiger partial charge in [-0.3, -0.25) is 9.52 Å². The molecule has 8 heteroatoms. The van der Waals surface area contributed by atoms with Crippen molar-refractivity contribution in [3.63, 3.8) is 0 Å². The summed E-state index contributed by atoms with van der Waals surface area (Å²) in [5.74, 6) is -0.711. The van der Waals surface area contributed by atoms with E-state index in [0.29, 0.717) is 6.54 Å². The third-order valence-electron chi connectivity index (χ3n) is 3.30. The van der Waals surface area contributed by atoms with E-state index in [0.717, 1.165) is 11.9 Å². The predicted octanol–water partition coefficient (Wildman–Crippen LogP) is 1.99. The summed E-state index contributed by atoms with van der Waals surface area (Å²) in [5.41, 5.74) is 1.15. The highest BCUT2D eigenvalue weighted by Gasteiger charge is 2.14. The van der Waals surface area contributed by atoms with E-state index < -0.39 is 15.9 Å². The molecule has 2 rings (SSSR count). The number of phenolic OH excluding ortho intramolecular Hbond substituents is 1. The Morgan fingerprint density at radius 2 is 1.80 bits per heavy atom. The number of sulfonamides is 1. The van der Waals surface area contributed by atoms with Gasteiger partial charge < -0.3 is 15.7 Å². The highest BCUT2D eigenvalue weighted by Crippen LogP contribution is 2.22. The molecule has 134 valence electrons.